The fourth-order valence-corrected chi connectivity index (χ4v) is 4.03. The molecule has 2 aromatic carbocycles. The van der Waals surface area contributed by atoms with Gasteiger partial charge in [-0.05, 0) is 43.2 Å². The molecule has 3 aromatic rings. The summed E-state index contributed by atoms with van der Waals surface area (Å²) in [7, 11) is 1.74. The number of nitrogens with zero attached hydrogens (tertiary/aromatic N) is 4. The van der Waals surface area contributed by atoms with Crippen LogP contribution in [0.1, 0.15) is 11.1 Å². The number of piperazine rings is 1. The summed E-state index contributed by atoms with van der Waals surface area (Å²) in [6.07, 6.45) is 0. The topological polar surface area (TPSA) is 50.5 Å². The smallest absolute Gasteiger partial charge is 0.329 e. The van der Waals surface area contributed by atoms with E-state index >= 15 is 0 Å². The SMILES string of the molecule is Cc1cccc(N2CCN(C(=O)Cn3c(=O)n(C)c4ccccc43)CC2)c1C. The van der Waals surface area contributed by atoms with Gasteiger partial charge in [0, 0.05) is 38.9 Å². The van der Waals surface area contributed by atoms with Crippen molar-refractivity contribution in [3.63, 3.8) is 0 Å². The Morgan fingerprint density at radius 3 is 2.32 bits per heavy atom. The Balaban J connectivity index is 1.48. The van der Waals surface area contributed by atoms with Gasteiger partial charge < -0.3 is 9.80 Å². The van der Waals surface area contributed by atoms with Crippen LogP contribution < -0.4 is 10.6 Å². The maximum atomic E-state index is 12.9. The van der Waals surface area contributed by atoms with E-state index in [1.807, 2.05) is 29.2 Å². The van der Waals surface area contributed by atoms with Crippen LogP contribution in [0.15, 0.2) is 47.3 Å². The highest BCUT2D eigenvalue weighted by molar-refractivity contribution is 5.81. The first-order chi connectivity index (χ1) is 13.5. The minimum absolute atomic E-state index is 0.000864. The molecular formula is C22H26N4O2. The van der Waals surface area contributed by atoms with Crippen LogP contribution in [0.25, 0.3) is 11.0 Å². The van der Waals surface area contributed by atoms with Gasteiger partial charge in [-0.15, -0.1) is 0 Å². The Hall–Kier alpha value is -3.02. The second-order valence-electron chi connectivity index (χ2n) is 7.50. The molecule has 0 saturated carbocycles. The van der Waals surface area contributed by atoms with Crippen LogP contribution in [0.2, 0.25) is 0 Å². The van der Waals surface area contributed by atoms with Gasteiger partial charge in [-0.1, -0.05) is 24.3 Å². The first-order valence-electron chi connectivity index (χ1n) is 9.70. The molecule has 1 aliphatic heterocycles. The molecule has 1 amide bonds. The third-order valence-corrected chi connectivity index (χ3v) is 5.89. The number of carbonyl (C=O) groups is 1. The number of anilines is 1. The third-order valence-electron chi connectivity index (χ3n) is 5.89. The second kappa shape index (κ2) is 7.19. The summed E-state index contributed by atoms with van der Waals surface area (Å²) >= 11 is 0. The number of aromatic nitrogens is 2. The number of rotatable bonds is 3. The Bertz CT molecular complexity index is 1090. The summed E-state index contributed by atoms with van der Waals surface area (Å²) in [5.74, 6) is -0.000864. The molecule has 6 heteroatoms. The van der Waals surface area contributed by atoms with Gasteiger partial charge in [-0.2, -0.15) is 0 Å². The molecule has 0 radical (unpaired) electrons. The summed E-state index contributed by atoms with van der Waals surface area (Å²) in [5.41, 5.74) is 5.33. The number of imidazole rings is 1. The summed E-state index contributed by atoms with van der Waals surface area (Å²) in [4.78, 5) is 29.6. The first kappa shape index (κ1) is 18.3. The number of carbonyl (C=O) groups excluding carboxylic acids is 1. The van der Waals surface area contributed by atoms with Gasteiger partial charge in [0.05, 0.1) is 11.0 Å². The largest absolute Gasteiger partial charge is 0.368 e. The minimum atomic E-state index is -0.149. The predicted molar refractivity (Wildman–Crippen MR) is 112 cm³/mol. The van der Waals surface area contributed by atoms with Crippen LogP contribution in [0.4, 0.5) is 5.69 Å². The summed E-state index contributed by atoms with van der Waals surface area (Å²) in [6, 6.07) is 14.0. The fraction of sp³-hybridized carbons (Fsp3) is 0.364. The summed E-state index contributed by atoms with van der Waals surface area (Å²) in [5, 5.41) is 0. The molecule has 6 nitrogen and oxygen atoms in total. The molecule has 0 spiro atoms. The fourth-order valence-electron chi connectivity index (χ4n) is 4.03. The zero-order valence-electron chi connectivity index (χ0n) is 16.7. The Morgan fingerprint density at radius 2 is 1.61 bits per heavy atom. The van der Waals surface area contributed by atoms with E-state index in [4.69, 9.17) is 0 Å². The lowest BCUT2D eigenvalue weighted by Crippen LogP contribution is -2.50. The van der Waals surface area contributed by atoms with Crippen molar-refractivity contribution >= 4 is 22.6 Å². The van der Waals surface area contributed by atoms with Crippen LogP contribution >= 0.6 is 0 Å². The Kier molecular flexibility index (Phi) is 4.71. The van der Waals surface area contributed by atoms with Crippen molar-refractivity contribution < 1.29 is 4.79 Å². The summed E-state index contributed by atoms with van der Waals surface area (Å²) < 4.78 is 3.18. The van der Waals surface area contributed by atoms with Crippen LogP contribution in [0, 0.1) is 13.8 Å². The number of para-hydroxylation sites is 2. The molecule has 1 fully saturated rings. The molecule has 4 rings (SSSR count). The maximum absolute atomic E-state index is 12.9. The van der Waals surface area contributed by atoms with Gasteiger partial charge in [0.2, 0.25) is 5.91 Å². The number of amides is 1. The highest BCUT2D eigenvalue weighted by atomic mass is 16.2. The van der Waals surface area contributed by atoms with E-state index in [1.165, 1.54) is 16.8 Å². The van der Waals surface area contributed by atoms with Crippen molar-refractivity contribution in [3.8, 4) is 0 Å². The average Bonchev–Trinajstić information content (AvgIpc) is 2.95. The zero-order valence-corrected chi connectivity index (χ0v) is 16.7. The van der Waals surface area contributed by atoms with Gasteiger partial charge in [0.15, 0.2) is 0 Å². The van der Waals surface area contributed by atoms with E-state index in [2.05, 4.69) is 36.9 Å². The van der Waals surface area contributed by atoms with Crippen molar-refractivity contribution in [1.82, 2.24) is 14.0 Å². The molecule has 1 saturated heterocycles. The zero-order chi connectivity index (χ0) is 19.8. The molecule has 0 unspecified atom stereocenters. The highest BCUT2D eigenvalue weighted by Crippen LogP contribution is 2.24. The lowest BCUT2D eigenvalue weighted by atomic mass is 10.1. The van der Waals surface area contributed by atoms with Gasteiger partial charge in [-0.25, -0.2) is 4.79 Å². The molecular weight excluding hydrogens is 352 g/mol. The second-order valence-corrected chi connectivity index (χ2v) is 7.50. The van der Waals surface area contributed by atoms with Gasteiger partial charge in [0.25, 0.3) is 0 Å². The van der Waals surface area contributed by atoms with Crippen LogP contribution in [-0.2, 0) is 18.4 Å². The summed E-state index contributed by atoms with van der Waals surface area (Å²) in [6.45, 7) is 7.32. The molecule has 28 heavy (non-hydrogen) atoms. The first-order valence-corrected chi connectivity index (χ1v) is 9.70. The van der Waals surface area contributed by atoms with E-state index in [0.29, 0.717) is 13.1 Å². The minimum Gasteiger partial charge on any atom is -0.368 e. The molecule has 0 N–H and O–H groups in total. The monoisotopic (exact) mass is 378 g/mol. The standard InChI is InChI=1S/C22H26N4O2/c1-16-7-6-10-18(17(16)2)24-11-13-25(14-12-24)21(27)15-26-20-9-5-4-8-19(20)23(3)22(26)28/h4-10H,11-15H2,1-3H3. The van der Waals surface area contributed by atoms with Gasteiger partial charge in [0.1, 0.15) is 6.54 Å². The van der Waals surface area contributed by atoms with E-state index in [1.54, 1.807) is 16.2 Å². The van der Waals surface area contributed by atoms with E-state index < -0.39 is 0 Å². The van der Waals surface area contributed by atoms with Gasteiger partial charge in [-0.3, -0.25) is 13.9 Å². The normalized spacial score (nSPS) is 14.7. The van der Waals surface area contributed by atoms with Crippen LogP contribution in [-0.4, -0.2) is 46.1 Å². The lowest BCUT2D eigenvalue weighted by molar-refractivity contribution is -0.132. The van der Waals surface area contributed by atoms with Crippen LogP contribution in [0.3, 0.4) is 0 Å². The number of fused-ring (bicyclic) bond motifs is 1. The van der Waals surface area contributed by atoms with Crippen LogP contribution in [0.5, 0.6) is 0 Å². The Labute approximate surface area is 164 Å². The number of benzene rings is 2. The molecule has 0 bridgehead atoms. The van der Waals surface area contributed by atoms with Crippen molar-refractivity contribution in [2.75, 3.05) is 31.1 Å². The average molecular weight is 378 g/mol. The number of hydrogen-bond donors (Lipinski definition) is 0. The highest BCUT2D eigenvalue weighted by Gasteiger charge is 2.23. The van der Waals surface area contributed by atoms with E-state index in [9.17, 15) is 9.59 Å². The quantitative estimate of drug-likeness (QED) is 0.703. The van der Waals surface area contributed by atoms with Crippen molar-refractivity contribution in [2.45, 2.75) is 20.4 Å². The van der Waals surface area contributed by atoms with Crippen molar-refractivity contribution in [2.24, 2.45) is 7.05 Å². The van der Waals surface area contributed by atoms with Crippen molar-refractivity contribution in [1.29, 1.82) is 0 Å². The van der Waals surface area contributed by atoms with E-state index in [0.717, 1.165) is 24.1 Å². The molecule has 146 valence electrons. The van der Waals surface area contributed by atoms with Crippen molar-refractivity contribution in [3.05, 3.63) is 64.1 Å². The number of hydrogen-bond acceptors (Lipinski definition) is 3. The lowest BCUT2D eigenvalue weighted by Gasteiger charge is -2.37. The molecule has 0 atom stereocenters. The Morgan fingerprint density at radius 1 is 0.929 bits per heavy atom. The third kappa shape index (κ3) is 3.09. The van der Waals surface area contributed by atoms with Gasteiger partial charge >= 0.3 is 5.69 Å². The predicted octanol–water partition coefficient (Wildman–Crippen LogP) is 2.31. The molecule has 2 heterocycles. The molecule has 1 aliphatic rings. The van der Waals surface area contributed by atoms with E-state index in [-0.39, 0.29) is 18.1 Å². The molecule has 0 aliphatic carbocycles. The molecule has 1 aromatic heterocycles. The maximum Gasteiger partial charge on any atom is 0.329 e. The number of aryl methyl sites for hydroxylation is 2.